The maximum absolute atomic E-state index is 6.91. The van der Waals surface area contributed by atoms with Gasteiger partial charge in [0.15, 0.2) is 0 Å². The van der Waals surface area contributed by atoms with Crippen LogP contribution < -0.4 is 5.73 Å². The molecule has 2 heterocycles. The molecule has 0 bridgehead atoms. The summed E-state index contributed by atoms with van der Waals surface area (Å²) < 4.78 is 11.7. The Morgan fingerprint density at radius 3 is 2.37 bits per heavy atom. The lowest BCUT2D eigenvalue weighted by molar-refractivity contribution is -0.159. The van der Waals surface area contributed by atoms with E-state index in [9.17, 15) is 0 Å². The van der Waals surface area contributed by atoms with Gasteiger partial charge in [-0.25, -0.2) is 0 Å². The van der Waals surface area contributed by atoms with Crippen molar-refractivity contribution in [2.75, 3.05) is 19.8 Å². The third-order valence-electron chi connectivity index (χ3n) is 6.28. The van der Waals surface area contributed by atoms with Crippen LogP contribution in [0.1, 0.15) is 58.8 Å². The van der Waals surface area contributed by atoms with Crippen LogP contribution in [0.3, 0.4) is 0 Å². The van der Waals surface area contributed by atoms with Gasteiger partial charge in [0, 0.05) is 25.4 Å². The maximum Gasteiger partial charge on any atom is 0.0729 e. The predicted molar refractivity (Wildman–Crippen MR) is 76.0 cm³/mol. The van der Waals surface area contributed by atoms with Crippen molar-refractivity contribution in [3.8, 4) is 0 Å². The second kappa shape index (κ2) is 4.71. The fourth-order valence-corrected chi connectivity index (χ4v) is 4.71. The molecule has 2 atom stereocenters. The molecule has 0 amide bonds. The Kier molecular flexibility index (Phi) is 3.43. The van der Waals surface area contributed by atoms with Gasteiger partial charge in [-0.3, -0.25) is 0 Å². The molecule has 1 saturated carbocycles. The highest BCUT2D eigenvalue weighted by Gasteiger charge is 2.53. The first-order valence-corrected chi connectivity index (χ1v) is 7.98. The van der Waals surface area contributed by atoms with Gasteiger partial charge in [-0.1, -0.05) is 20.3 Å². The zero-order chi connectivity index (χ0) is 13.6. The highest BCUT2D eigenvalue weighted by atomic mass is 16.5. The minimum atomic E-state index is 0.0160. The second-order valence-corrected chi connectivity index (χ2v) is 7.61. The van der Waals surface area contributed by atoms with E-state index in [0.717, 1.165) is 45.5 Å². The van der Waals surface area contributed by atoms with Gasteiger partial charge in [0.2, 0.25) is 0 Å². The first-order valence-electron chi connectivity index (χ1n) is 7.98. The smallest absolute Gasteiger partial charge is 0.0729 e. The molecule has 3 rings (SSSR count). The highest BCUT2D eigenvalue weighted by molar-refractivity contribution is 5.09. The van der Waals surface area contributed by atoms with Crippen molar-refractivity contribution in [1.82, 2.24) is 0 Å². The van der Waals surface area contributed by atoms with Crippen molar-refractivity contribution in [2.45, 2.75) is 69.9 Å². The lowest BCUT2D eigenvalue weighted by Gasteiger charge is -2.51. The molecule has 3 fully saturated rings. The third-order valence-corrected chi connectivity index (χ3v) is 6.28. The summed E-state index contributed by atoms with van der Waals surface area (Å²) in [6.45, 7) is 7.33. The molecular weight excluding hydrogens is 238 g/mol. The van der Waals surface area contributed by atoms with Gasteiger partial charge in [-0.2, -0.15) is 0 Å². The van der Waals surface area contributed by atoms with E-state index in [4.69, 9.17) is 15.2 Å². The predicted octanol–water partition coefficient (Wildman–Crippen LogP) is 2.87. The van der Waals surface area contributed by atoms with E-state index >= 15 is 0 Å². The van der Waals surface area contributed by atoms with E-state index in [-0.39, 0.29) is 16.6 Å². The molecule has 19 heavy (non-hydrogen) atoms. The van der Waals surface area contributed by atoms with E-state index in [1.807, 2.05) is 0 Å². The van der Waals surface area contributed by atoms with Gasteiger partial charge < -0.3 is 15.2 Å². The van der Waals surface area contributed by atoms with E-state index in [0.29, 0.717) is 5.92 Å². The fraction of sp³-hybridized carbons (Fsp3) is 1.00. The van der Waals surface area contributed by atoms with Gasteiger partial charge >= 0.3 is 0 Å². The van der Waals surface area contributed by atoms with Crippen LogP contribution in [-0.2, 0) is 9.47 Å². The van der Waals surface area contributed by atoms with Crippen LogP contribution in [0.5, 0.6) is 0 Å². The molecule has 0 aromatic carbocycles. The summed E-state index contributed by atoms with van der Waals surface area (Å²) in [5.41, 5.74) is 7.29. The Bertz CT molecular complexity index is 330. The number of hydrogen-bond donors (Lipinski definition) is 1. The molecule has 0 radical (unpaired) electrons. The fourth-order valence-electron chi connectivity index (χ4n) is 4.71. The minimum Gasteiger partial charge on any atom is -0.381 e. The van der Waals surface area contributed by atoms with Gasteiger partial charge in [0.25, 0.3) is 0 Å². The van der Waals surface area contributed by atoms with Crippen LogP contribution in [0.2, 0.25) is 0 Å². The molecule has 2 unspecified atom stereocenters. The van der Waals surface area contributed by atoms with Crippen molar-refractivity contribution in [2.24, 2.45) is 17.1 Å². The van der Waals surface area contributed by atoms with Crippen LogP contribution in [0.4, 0.5) is 0 Å². The zero-order valence-electron chi connectivity index (χ0n) is 12.5. The molecule has 110 valence electrons. The summed E-state index contributed by atoms with van der Waals surface area (Å²) in [7, 11) is 0. The molecule has 1 spiro atoms. The van der Waals surface area contributed by atoms with E-state index in [2.05, 4.69) is 13.8 Å². The summed E-state index contributed by atoms with van der Waals surface area (Å²) >= 11 is 0. The Balaban J connectivity index is 1.78. The Morgan fingerprint density at radius 2 is 1.74 bits per heavy atom. The lowest BCUT2D eigenvalue weighted by atomic mass is 9.63. The quantitative estimate of drug-likeness (QED) is 0.794. The summed E-state index contributed by atoms with van der Waals surface area (Å²) in [5, 5.41) is 0. The van der Waals surface area contributed by atoms with Crippen LogP contribution >= 0.6 is 0 Å². The number of nitrogens with two attached hydrogens (primary N) is 1. The first kappa shape index (κ1) is 13.8. The van der Waals surface area contributed by atoms with Crippen molar-refractivity contribution >= 4 is 0 Å². The monoisotopic (exact) mass is 267 g/mol. The Morgan fingerprint density at radius 1 is 1.00 bits per heavy atom. The van der Waals surface area contributed by atoms with Gasteiger partial charge in [0.1, 0.15) is 0 Å². The molecule has 3 nitrogen and oxygen atoms in total. The third kappa shape index (κ3) is 2.24. The Hall–Kier alpha value is -0.120. The van der Waals surface area contributed by atoms with Crippen molar-refractivity contribution < 1.29 is 9.47 Å². The Labute approximate surface area is 117 Å². The van der Waals surface area contributed by atoms with Crippen LogP contribution in [-0.4, -0.2) is 31.0 Å². The molecule has 3 heteroatoms. The van der Waals surface area contributed by atoms with Crippen LogP contribution in [0.25, 0.3) is 0 Å². The largest absolute Gasteiger partial charge is 0.381 e. The molecule has 2 aliphatic heterocycles. The minimum absolute atomic E-state index is 0.0160. The summed E-state index contributed by atoms with van der Waals surface area (Å²) in [6, 6.07) is 0. The number of hydrogen-bond acceptors (Lipinski definition) is 3. The molecule has 2 N–H and O–H groups in total. The van der Waals surface area contributed by atoms with E-state index in [1.54, 1.807) is 0 Å². The van der Waals surface area contributed by atoms with Gasteiger partial charge in [0.05, 0.1) is 5.60 Å². The SMILES string of the molecule is CC1(C)CCCC1(N)C1CCOC2(CCOCC2)C1. The van der Waals surface area contributed by atoms with Crippen molar-refractivity contribution in [1.29, 1.82) is 0 Å². The first-order chi connectivity index (χ1) is 8.98. The van der Waals surface area contributed by atoms with Gasteiger partial charge in [-0.05, 0) is 49.9 Å². The molecule has 0 aromatic heterocycles. The number of rotatable bonds is 1. The normalized spacial score (nSPS) is 41.5. The summed E-state index contributed by atoms with van der Waals surface area (Å²) in [4.78, 5) is 0. The summed E-state index contributed by atoms with van der Waals surface area (Å²) in [5.74, 6) is 0.622. The highest BCUT2D eigenvalue weighted by Crippen LogP contribution is 2.53. The topological polar surface area (TPSA) is 44.5 Å². The van der Waals surface area contributed by atoms with Crippen LogP contribution in [0.15, 0.2) is 0 Å². The molecular formula is C16H29NO2. The number of ether oxygens (including phenoxy) is 2. The van der Waals surface area contributed by atoms with E-state index < -0.39 is 0 Å². The van der Waals surface area contributed by atoms with Crippen molar-refractivity contribution in [3.63, 3.8) is 0 Å². The molecule has 1 aliphatic carbocycles. The molecule has 2 saturated heterocycles. The lowest BCUT2D eigenvalue weighted by Crippen LogP contribution is -2.59. The second-order valence-electron chi connectivity index (χ2n) is 7.61. The van der Waals surface area contributed by atoms with Gasteiger partial charge in [-0.15, -0.1) is 0 Å². The zero-order valence-corrected chi connectivity index (χ0v) is 12.5. The average molecular weight is 267 g/mol. The van der Waals surface area contributed by atoms with E-state index in [1.165, 1.54) is 19.3 Å². The molecule has 0 aromatic rings. The average Bonchev–Trinajstić information content (AvgIpc) is 2.66. The van der Waals surface area contributed by atoms with Crippen LogP contribution in [0, 0.1) is 11.3 Å². The standard InChI is InChI=1S/C16H29NO2/c1-14(2)5-3-6-16(14,17)13-4-9-19-15(12-13)7-10-18-11-8-15/h13H,3-12,17H2,1-2H3. The maximum atomic E-state index is 6.91. The molecule has 3 aliphatic rings. The van der Waals surface area contributed by atoms with Crippen molar-refractivity contribution in [3.05, 3.63) is 0 Å². The summed E-state index contributed by atoms with van der Waals surface area (Å²) in [6.07, 6.45) is 8.16.